The summed E-state index contributed by atoms with van der Waals surface area (Å²) in [5.74, 6) is 1.79. The molecule has 0 aliphatic carbocycles. The lowest BCUT2D eigenvalue weighted by molar-refractivity contribution is 0.418. The summed E-state index contributed by atoms with van der Waals surface area (Å²) in [6.45, 7) is 4.17. The van der Waals surface area contributed by atoms with Crippen LogP contribution in [0.15, 0.2) is 65.8 Å². The molecule has 2 aromatic carbocycles. The van der Waals surface area contributed by atoms with Gasteiger partial charge in [0.15, 0.2) is 0 Å². The molecule has 0 unspecified atom stereocenters. The summed E-state index contributed by atoms with van der Waals surface area (Å²) in [7, 11) is 3.42. The number of pyridine rings is 1. The number of halogens is 1. The molecule has 3 heterocycles. The fourth-order valence-corrected chi connectivity index (χ4v) is 5.09. The Bertz CT molecular complexity index is 1430. The molecule has 0 atom stereocenters. The molecular weight excluding hydrogens is 460 g/mol. The van der Waals surface area contributed by atoms with Gasteiger partial charge < -0.3 is 14.2 Å². The number of ether oxygens (including phenoxy) is 1. The zero-order valence-electron chi connectivity index (χ0n) is 20.3. The van der Waals surface area contributed by atoms with Crippen molar-refractivity contribution in [2.24, 2.45) is 7.05 Å². The molecule has 5 rings (SSSR count). The summed E-state index contributed by atoms with van der Waals surface area (Å²) in [6.07, 6.45) is 9.01. The molecule has 0 amide bonds. The smallest absolute Gasteiger partial charge is 0.332 e. The lowest BCUT2D eigenvalue weighted by Crippen LogP contribution is -2.30. The van der Waals surface area contributed by atoms with Crippen LogP contribution < -0.4 is 15.3 Å². The number of methoxy groups -OCH3 is 1. The summed E-state index contributed by atoms with van der Waals surface area (Å²) < 4.78 is 9.03. The maximum Gasteiger partial charge on any atom is 0.332 e. The number of nitrogens with zero attached hydrogens (tertiary/aromatic N) is 4. The van der Waals surface area contributed by atoms with Crippen molar-refractivity contribution in [3.8, 4) is 33.7 Å². The Balaban J connectivity index is 1.58. The first kappa shape index (κ1) is 23.2. The Kier molecular flexibility index (Phi) is 6.39. The van der Waals surface area contributed by atoms with Crippen LogP contribution in [0.2, 0.25) is 5.02 Å². The maximum absolute atomic E-state index is 12.4. The van der Waals surface area contributed by atoms with Crippen LogP contribution in [0.1, 0.15) is 24.8 Å². The number of aromatic nitrogens is 3. The van der Waals surface area contributed by atoms with Gasteiger partial charge in [0.05, 0.1) is 17.8 Å². The minimum atomic E-state index is -0.141. The molecule has 1 saturated heterocycles. The summed E-state index contributed by atoms with van der Waals surface area (Å²) in [6, 6.07) is 14.2. The molecule has 1 fully saturated rings. The molecular formula is C28H29ClN4O2. The van der Waals surface area contributed by atoms with E-state index in [9.17, 15) is 4.79 Å². The number of imidazole rings is 1. The van der Waals surface area contributed by atoms with Crippen LogP contribution in [0, 0.1) is 6.92 Å². The fourth-order valence-electron chi connectivity index (χ4n) is 4.82. The Labute approximate surface area is 210 Å². The van der Waals surface area contributed by atoms with Crippen molar-refractivity contribution >= 4 is 17.4 Å². The Morgan fingerprint density at radius 3 is 2.29 bits per heavy atom. The third kappa shape index (κ3) is 4.46. The summed E-state index contributed by atoms with van der Waals surface area (Å²) in [4.78, 5) is 19.4. The molecule has 4 aromatic rings. The minimum absolute atomic E-state index is 0.141. The van der Waals surface area contributed by atoms with Crippen molar-refractivity contribution < 1.29 is 4.74 Å². The fraction of sp³-hybridized carbons (Fsp3) is 0.286. The number of hydrogen-bond donors (Lipinski definition) is 0. The van der Waals surface area contributed by atoms with E-state index in [1.165, 1.54) is 23.8 Å². The summed E-state index contributed by atoms with van der Waals surface area (Å²) in [5, 5.41) is 0.497. The van der Waals surface area contributed by atoms with E-state index in [-0.39, 0.29) is 5.69 Å². The Morgan fingerprint density at radius 2 is 1.66 bits per heavy atom. The third-order valence-electron chi connectivity index (χ3n) is 6.64. The highest BCUT2D eigenvalue weighted by molar-refractivity contribution is 6.32. The SMILES string of the molecule is COc1c(-c2ccnc(N3CCCCC3)c2)cc(C)cc1-c1ccc(-n2ccn(C)c2=O)c(Cl)c1. The van der Waals surface area contributed by atoms with Gasteiger partial charge in [-0.05, 0) is 79.3 Å². The van der Waals surface area contributed by atoms with Crippen LogP contribution in [0.5, 0.6) is 5.75 Å². The van der Waals surface area contributed by atoms with Crippen molar-refractivity contribution in [2.75, 3.05) is 25.1 Å². The van der Waals surface area contributed by atoms with Crippen molar-refractivity contribution in [3.63, 3.8) is 0 Å². The number of hydrogen-bond acceptors (Lipinski definition) is 4. The first-order valence-corrected chi connectivity index (χ1v) is 12.3. The maximum atomic E-state index is 12.4. The second kappa shape index (κ2) is 9.62. The third-order valence-corrected chi connectivity index (χ3v) is 6.94. The predicted molar refractivity (Wildman–Crippen MR) is 142 cm³/mol. The standard InChI is InChI=1S/C28H29ClN4O2/c1-19-15-22(20-7-8-25(24(29)17-20)33-14-13-31(2)28(33)34)27(35-3)23(16-19)21-9-10-30-26(18-21)32-11-5-4-6-12-32/h7-10,13-18H,4-6,11-12H2,1-3H3. The molecule has 180 valence electrons. The Morgan fingerprint density at radius 1 is 0.943 bits per heavy atom. The number of rotatable bonds is 5. The largest absolute Gasteiger partial charge is 0.495 e. The van der Waals surface area contributed by atoms with E-state index < -0.39 is 0 Å². The molecule has 0 saturated carbocycles. The Hall–Kier alpha value is -3.51. The van der Waals surface area contributed by atoms with Gasteiger partial charge in [-0.15, -0.1) is 0 Å². The lowest BCUT2D eigenvalue weighted by atomic mass is 9.95. The van der Waals surface area contributed by atoms with Crippen LogP contribution in [0.4, 0.5) is 5.82 Å². The summed E-state index contributed by atoms with van der Waals surface area (Å²) >= 11 is 6.67. The molecule has 35 heavy (non-hydrogen) atoms. The van der Waals surface area contributed by atoms with Gasteiger partial charge in [0.25, 0.3) is 0 Å². The molecule has 6 nitrogen and oxygen atoms in total. The van der Waals surface area contributed by atoms with Gasteiger partial charge in [-0.2, -0.15) is 0 Å². The van der Waals surface area contributed by atoms with Gasteiger partial charge in [0.1, 0.15) is 11.6 Å². The second-order valence-electron chi connectivity index (χ2n) is 9.07. The molecule has 0 bridgehead atoms. The van der Waals surface area contributed by atoms with Crippen LogP contribution in [0.25, 0.3) is 27.9 Å². The van der Waals surface area contributed by atoms with E-state index in [1.807, 2.05) is 30.5 Å². The van der Waals surface area contributed by atoms with Crippen molar-refractivity contribution in [3.05, 3.63) is 82.1 Å². The van der Waals surface area contributed by atoms with Crippen LogP contribution in [-0.2, 0) is 7.05 Å². The quantitative estimate of drug-likeness (QED) is 0.353. The minimum Gasteiger partial charge on any atom is -0.495 e. The summed E-state index contributed by atoms with van der Waals surface area (Å²) in [5.41, 5.74) is 5.59. The molecule has 1 aliphatic rings. The van der Waals surface area contributed by atoms with E-state index in [0.717, 1.165) is 52.5 Å². The first-order chi connectivity index (χ1) is 17.0. The molecule has 7 heteroatoms. The van der Waals surface area contributed by atoms with E-state index in [0.29, 0.717) is 10.7 Å². The number of piperidine rings is 1. The van der Waals surface area contributed by atoms with Crippen LogP contribution in [-0.4, -0.2) is 34.3 Å². The topological polar surface area (TPSA) is 52.3 Å². The number of anilines is 1. The van der Waals surface area contributed by atoms with E-state index in [2.05, 4.69) is 35.0 Å². The highest BCUT2D eigenvalue weighted by atomic mass is 35.5. The molecule has 0 radical (unpaired) electrons. The van der Waals surface area contributed by atoms with Gasteiger partial charge in [0, 0.05) is 49.9 Å². The monoisotopic (exact) mass is 488 g/mol. The van der Waals surface area contributed by atoms with Crippen LogP contribution in [0.3, 0.4) is 0 Å². The number of aryl methyl sites for hydroxylation is 2. The van der Waals surface area contributed by atoms with E-state index in [1.54, 1.807) is 31.1 Å². The highest BCUT2D eigenvalue weighted by Gasteiger charge is 2.18. The average Bonchev–Trinajstić information content (AvgIpc) is 3.21. The van der Waals surface area contributed by atoms with Crippen LogP contribution >= 0.6 is 11.6 Å². The first-order valence-electron chi connectivity index (χ1n) is 11.9. The van der Waals surface area contributed by atoms with Crippen molar-refractivity contribution in [2.45, 2.75) is 26.2 Å². The van der Waals surface area contributed by atoms with E-state index in [4.69, 9.17) is 16.3 Å². The van der Waals surface area contributed by atoms with Crippen molar-refractivity contribution in [1.82, 2.24) is 14.1 Å². The molecule has 0 spiro atoms. The number of benzene rings is 2. The van der Waals surface area contributed by atoms with Gasteiger partial charge >= 0.3 is 5.69 Å². The molecule has 0 N–H and O–H groups in total. The van der Waals surface area contributed by atoms with Gasteiger partial charge in [-0.25, -0.2) is 9.78 Å². The average molecular weight is 489 g/mol. The molecule has 2 aromatic heterocycles. The predicted octanol–water partition coefficient (Wildman–Crippen LogP) is 5.87. The van der Waals surface area contributed by atoms with Gasteiger partial charge in [-0.3, -0.25) is 4.57 Å². The van der Waals surface area contributed by atoms with Gasteiger partial charge in [0.2, 0.25) is 0 Å². The zero-order valence-corrected chi connectivity index (χ0v) is 21.0. The van der Waals surface area contributed by atoms with Gasteiger partial charge in [-0.1, -0.05) is 17.7 Å². The second-order valence-corrected chi connectivity index (χ2v) is 9.48. The van der Waals surface area contributed by atoms with E-state index >= 15 is 0 Å². The van der Waals surface area contributed by atoms with Crippen molar-refractivity contribution in [1.29, 1.82) is 0 Å². The normalized spacial score (nSPS) is 13.8. The lowest BCUT2D eigenvalue weighted by Gasteiger charge is -2.28. The highest BCUT2D eigenvalue weighted by Crippen LogP contribution is 2.41. The zero-order chi connectivity index (χ0) is 24.5. The molecule has 1 aliphatic heterocycles.